The SMILES string of the molecule is CN([C@@H]1CNC[C@H]1O)S(=O)(=O)c1ccc(O)c([N+](=O)[O-])c1. The first kappa shape index (κ1) is 15.6. The van der Waals surface area contributed by atoms with Crippen molar-refractivity contribution in [1.29, 1.82) is 0 Å². The molecule has 3 N–H and O–H groups in total. The summed E-state index contributed by atoms with van der Waals surface area (Å²) in [6.07, 6.45) is -0.850. The summed E-state index contributed by atoms with van der Waals surface area (Å²) in [4.78, 5) is 9.59. The minimum absolute atomic E-state index is 0.278. The lowest BCUT2D eigenvalue weighted by Gasteiger charge is -2.25. The highest BCUT2D eigenvalue weighted by Crippen LogP contribution is 2.30. The number of aliphatic hydroxyl groups is 1. The first-order valence-electron chi connectivity index (χ1n) is 6.09. The fourth-order valence-electron chi connectivity index (χ4n) is 2.18. The number of aromatic hydroxyl groups is 1. The van der Waals surface area contributed by atoms with Crippen LogP contribution in [0.4, 0.5) is 5.69 Å². The van der Waals surface area contributed by atoms with Crippen LogP contribution in [0.3, 0.4) is 0 Å². The van der Waals surface area contributed by atoms with E-state index >= 15 is 0 Å². The van der Waals surface area contributed by atoms with E-state index in [2.05, 4.69) is 5.32 Å². The van der Waals surface area contributed by atoms with Gasteiger partial charge in [-0.05, 0) is 12.1 Å². The average molecular weight is 317 g/mol. The van der Waals surface area contributed by atoms with Crippen molar-refractivity contribution < 1.29 is 23.6 Å². The van der Waals surface area contributed by atoms with Crippen molar-refractivity contribution >= 4 is 15.7 Å². The molecule has 9 nitrogen and oxygen atoms in total. The third-order valence-electron chi connectivity index (χ3n) is 3.44. The third-order valence-corrected chi connectivity index (χ3v) is 5.32. The number of nitro benzene ring substituents is 1. The van der Waals surface area contributed by atoms with Crippen LogP contribution in [0.5, 0.6) is 5.75 Å². The van der Waals surface area contributed by atoms with Crippen LogP contribution in [-0.4, -0.2) is 60.1 Å². The second-order valence-corrected chi connectivity index (χ2v) is 6.72. The molecule has 1 aliphatic rings. The van der Waals surface area contributed by atoms with E-state index in [9.17, 15) is 28.7 Å². The molecule has 1 heterocycles. The molecular weight excluding hydrogens is 302 g/mol. The van der Waals surface area contributed by atoms with Gasteiger partial charge in [-0.1, -0.05) is 0 Å². The zero-order chi connectivity index (χ0) is 15.8. The number of phenols is 1. The zero-order valence-corrected chi connectivity index (χ0v) is 11.9. The van der Waals surface area contributed by atoms with E-state index in [1.54, 1.807) is 0 Å². The van der Waals surface area contributed by atoms with Gasteiger partial charge in [0, 0.05) is 26.2 Å². The highest BCUT2D eigenvalue weighted by atomic mass is 32.2. The van der Waals surface area contributed by atoms with Crippen molar-refractivity contribution in [3.05, 3.63) is 28.3 Å². The van der Waals surface area contributed by atoms with E-state index in [1.807, 2.05) is 0 Å². The molecule has 1 aliphatic heterocycles. The normalized spacial score (nSPS) is 22.6. The number of benzene rings is 1. The summed E-state index contributed by atoms with van der Waals surface area (Å²) in [5.41, 5.74) is -0.686. The molecular formula is C11H15N3O6S. The molecule has 2 rings (SSSR count). The van der Waals surface area contributed by atoms with E-state index in [0.29, 0.717) is 0 Å². The summed E-state index contributed by atoms with van der Waals surface area (Å²) < 4.78 is 25.8. The molecule has 1 saturated heterocycles. The molecule has 0 aliphatic carbocycles. The van der Waals surface area contributed by atoms with E-state index in [1.165, 1.54) is 7.05 Å². The molecule has 0 unspecified atom stereocenters. The van der Waals surface area contributed by atoms with Gasteiger partial charge in [0.25, 0.3) is 0 Å². The maximum absolute atomic E-state index is 12.4. The molecule has 2 atom stereocenters. The van der Waals surface area contributed by atoms with Crippen molar-refractivity contribution in [2.75, 3.05) is 20.1 Å². The molecule has 1 aromatic carbocycles. The Kier molecular flexibility index (Phi) is 4.14. The minimum atomic E-state index is -4.01. The standard InChI is InChI=1S/C11H15N3O6S/c1-13(9-5-12-6-11(9)16)21(19,20)7-2-3-10(15)8(4-7)14(17)18/h2-4,9,11-12,15-16H,5-6H2,1H3/t9-,11-/m1/s1. The monoisotopic (exact) mass is 317 g/mol. The van der Waals surface area contributed by atoms with Gasteiger partial charge in [-0.15, -0.1) is 0 Å². The lowest BCUT2D eigenvalue weighted by atomic mass is 10.2. The number of nitrogens with zero attached hydrogens (tertiary/aromatic N) is 2. The van der Waals surface area contributed by atoms with Crippen molar-refractivity contribution in [1.82, 2.24) is 9.62 Å². The number of nitro groups is 1. The lowest BCUT2D eigenvalue weighted by Crippen LogP contribution is -2.44. The second kappa shape index (κ2) is 5.56. The maximum Gasteiger partial charge on any atom is 0.312 e. The van der Waals surface area contributed by atoms with Gasteiger partial charge in [-0.2, -0.15) is 4.31 Å². The summed E-state index contributed by atoms with van der Waals surface area (Å²) in [6, 6.07) is 2.20. The van der Waals surface area contributed by atoms with Crippen LogP contribution >= 0.6 is 0 Å². The topological polar surface area (TPSA) is 133 Å². The molecule has 10 heteroatoms. The number of hydrogen-bond acceptors (Lipinski definition) is 7. The van der Waals surface area contributed by atoms with Gasteiger partial charge in [0.1, 0.15) is 0 Å². The van der Waals surface area contributed by atoms with Crippen LogP contribution in [-0.2, 0) is 10.0 Å². The maximum atomic E-state index is 12.4. The highest BCUT2D eigenvalue weighted by Gasteiger charge is 2.36. The summed E-state index contributed by atoms with van der Waals surface area (Å²) in [5, 5.41) is 32.7. The van der Waals surface area contributed by atoms with E-state index in [4.69, 9.17) is 0 Å². The molecule has 0 aromatic heterocycles. The number of hydrogen-bond donors (Lipinski definition) is 3. The molecule has 0 spiro atoms. The number of aliphatic hydroxyl groups excluding tert-OH is 1. The Morgan fingerprint density at radius 2 is 2.10 bits per heavy atom. The first-order chi connectivity index (χ1) is 9.75. The molecule has 1 fully saturated rings. The average Bonchev–Trinajstić information content (AvgIpc) is 2.83. The Labute approximate surface area is 121 Å². The number of phenolic OH excluding ortho intramolecular Hbond substituents is 1. The summed E-state index contributed by atoms with van der Waals surface area (Å²) in [5.74, 6) is -0.607. The zero-order valence-electron chi connectivity index (χ0n) is 11.1. The van der Waals surface area contributed by atoms with Crippen LogP contribution in [0.25, 0.3) is 0 Å². The fourth-order valence-corrected chi connectivity index (χ4v) is 3.58. The van der Waals surface area contributed by atoms with E-state index < -0.39 is 38.5 Å². The second-order valence-electron chi connectivity index (χ2n) is 4.72. The third kappa shape index (κ3) is 2.83. The number of rotatable bonds is 4. The van der Waals surface area contributed by atoms with Crippen molar-refractivity contribution in [2.24, 2.45) is 0 Å². The van der Waals surface area contributed by atoms with Gasteiger partial charge in [0.05, 0.1) is 22.0 Å². The number of sulfonamides is 1. The van der Waals surface area contributed by atoms with Gasteiger partial charge >= 0.3 is 5.69 Å². The molecule has 1 aromatic rings. The largest absolute Gasteiger partial charge is 0.502 e. The van der Waals surface area contributed by atoms with Crippen LogP contribution in [0.2, 0.25) is 0 Å². The number of β-amino-alcohol motifs (C(OH)–C–C–N with tert-alkyl or cyclic N) is 1. The van der Waals surface area contributed by atoms with Crippen molar-refractivity contribution in [3.8, 4) is 5.75 Å². The van der Waals surface area contributed by atoms with Crippen LogP contribution in [0.1, 0.15) is 0 Å². The van der Waals surface area contributed by atoms with Gasteiger partial charge in [0.2, 0.25) is 10.0 Å². The van der Waals surface area contributed by atoms with Crippen LogP contribution < -0.4 is 5.32 Å². The Morgan fingerprint density at radius 3 is 2.62 bits per heavy atom. The molecule has 116 valence electrons. The van der Waals surface area contributed by atoms with Crippen molar-refractivity contribution in [2.45, 2.75) is 17.0 Å². The van der Waals surface area contributed by atoms with E-state index in [0.717, 1.165) is 22.5 Å². The summed E-state index contributed by atoms with van der Waals surface area (Å²) in [7, 11) is -2.71. The summed E-state index contributed by atoms with van der Waals surface area (Å²) in [6.45, 7) is 0.567. The van der Waals surface area contributed by atoms with Crippen LogP contribution in [0.15, 0.2) is 23.1 Å². The Hall–Kier alpha value is -1.75. The predicted octanol–water partition coefficient (Wildman–Crippen LogP) is -0.746. The van der Waals surface area contributed by atoms with Crippen LogP contribution in [0, 0.1) is 10.1 Å². The smallest absolute Gasteiger partial charge is 0.312 e. The number of likely N-dealkylation sites (N-methyl/N-ethyl adjacent to an activating group) is 1. The van der Waals surface area contributed by atoms with E-state index in [-0.39, 0.29) is 18.0 Å². The Bertz CT molecular complexity index is 662. The molecule has 0 bridgehead atoms. The quantitative estimate of drug-likeness (QED) is 0.491. The lowest BCUT2D eigenvalue weighted by molar-refractivity contribution is -0.386. The van der Waals surface area contributed by atoms with Gasteiger partial charge in [-0.25, -0.2) is 8.42 Å². The van der Waals surface area contributed by atoms with Gasteiger partial charge < -0.3 is 15.5 Å². The first-order valence-corrected chi connectivity index (χ1v) is 7.53. The molecule has 0 radical (unpaired) electrons. The Morgan fingerprint density at radius 1 is 1.43 bits per heavy atom. The molecule has 21 heavy (non-hydrogen) atoms. The minimum Gasteiger partial charge on any atom is -0.502 e. The predicted molar refractivity (Wildman–Crippen MR) is 72.4 cm³/mol. The Balaban J connectivity index is 2.39. The highest BCUT2D eigenvalue weighted by molar-refractivity contribution is 7.89. The molecule has 0 saturated carbocycles. The van der Waals surface area contributed by atoms with Gasteiger partial charge in [0.15, 0.2) is 5.75 Å². The molecule has 0 amide bonds. The number of nitrogens with one attached hydrogen (secondary N) is 1. The van der Waals surface area contributed by atoms with Gasteiger partial charge in [-0.3, -0.25) is 10.1 Å². The summed E-state index contributed by atoms with van der Waals surface area (Å²) >= 11 is 0. The van der Waals surface area contributed by atoms with Crippen molar-refractivity contribution in [3.63, 3.8) is 0 Å². The fraction of sp³-hybridized carbons (Fsp3) is 0.455.